The molecule has 0 heterocycles. The standard InChI is InChI=1S/C16H16INO2S/c1-3-13-4-6-14(7-5-13)12(2)18-21(19,20)16-10-8-15(17)9-11-16/h4-11H,3H2,1-2H3/b18-12+. The maximum absolute atomic E-state index is 12.3. The van der Waals surface area contributed by atoms with Gasteiger partial charge in [-0.15, -0.1) is 0 Å². The number of hydrogen-bond donors (Lipinski definition) is 0. The Bertz CT molecular complexity index is 748. The molecule has 2 aromatic rings. The minimum absolute atomic E-state index is 0.215. The molecule has 110 valence electrons. The van der Waals surface area contributed by atoms with Crippen molar-refractivity contribution in [1.29, 1.82) is 0 Å². The van der Waals surface area contributed by atoms with Crippen LogP contribution >= 0.6 is 22.6 Å². The zero-order chi connectivity index (χ0) is 15.5. The van der Waals surface area contributed by atoms with Crippen LogP contribution in [0.25, 0.3) is 0 Å². The number of nitrogens with zero attached hydrogens (tertiary/aromatic N) is 1. The molecule has 5 heteroatoms. The van der Waals surface area contributed by atoms with Crippen LogP contribution in [0.5, 0.6) is 0 Å². The molecule has 0 spiro atoms. The Hall–Kier alpha value is -1.21. The number of hydrogen-bond acceptors (Lipinski definition) is 2. The summed E-state index contributed by atoms with van der Waals surface area (Å²) in [5.41, 5.74) is 2.53. The molecule has 0 aliphatic heterocycles. The van der Waals surface area contributed by atoms with Crippen molar-refractivity contribution in [3.8, 4) is 0 Å². The van der Waals surface area contributed by atoms with Crippen LogP contribution in [-0.4, -0.2) is 14.1 Å². The van der Waals surface area contributed by atoms with Gasteiger partial charge < -0.3 is 0 Å². The smallest absolute Gasteiger partial charge is 0.199 e. The first-order chi connectivity index (χ1) is 9.92. The lowest BCUT2D eigenvalue weighted by Crippen LogP contribution is -2.03. The van der Waals surface area contributed by atoms with Crippen molar-refractivity contribution in [2.75, 3.05) is 0 Å². The Kier molecular flexibility index (Phi) is 5.16. The summed E-state index contributed by atoms with van der Waals surface area (Å²) in [6, 6.07) is 14.5. The molecule has 0 amide bonds. The van der Waals surface area contributed by atoms with Crippen LogP contribution in [-0.2, 0) is 16.4 Å². The van der Waals surface area contributed by atoms with E-state index in [-0.39, 0.29) is 4.90 Å². The molecule has 2 aromatic carbocycles. The summed E-state index contributed by atoms with van der Waals surface area (Å²) in [7, 11) is -3.66. The van der Waals surface area contributed by atoms with Crippen molar-refractivity contribution in [2.24, 2.45) is 4.40 Å². The molecule has 0 atom stereocenters. The average Bonchev–Trinajstić information content (AvgIpc) is 2.47. The number of sulfonamides is 1. The third kappa shape index (κ3) is 4.14. The number of aryl methyl sites for hydroxylation is 1. The first-order valence-corrected chi connectivity index (χ1v) is 9.10. The Morgan fingerprint density at radius 3 is 2.14 bits per heavy atom. The highest BCUT2D eigenvalue weighted by molar-refractivity contribution is 14.1. The number of halogens is 1. The lowest BCUT2D eigenvalue weighted by molar-refractivity contribution is 0.598. The first kappa shape index (κ1) is 16.2. The SMILES string of the molecule is CCc1ccc(/C(C)=N/S(=O)(=O)c2ccc(I)cc2)cc1. The molecule has 3 nitrogen and oxygen atoms in total. The minimum Gasteiger partial charge on any atom is -0.199 e. The molecule has 0 fully saturated rings. The fourth-order valence-electron chi connectivity index (χ4n) is 1.87. The summed E-state index contributed by atoms with van der Waals surface area (Å²) in [6.07, 6.45) is 0.956. The third-order valence-corrected chi connectivity index (χ3v) is 5.25. The molecule has 0 aromatic heterocycles. The van der Waals surface area contributed by atoms with E-state index in [1.807, 2.05) is 24.3 Å². The topological polar surface area (TPSA) is 46.5 Å². The molecular weight excluding hydrogens is 397 g/mol. The lowest BCUT2D eigenvalue weighted by Gasteiger charge is -2.04. The quantitative estimate of drug-likeness (QED) is 0.561. The second-order valence-corrected chi connectivity index (χ2v) is 7.51. The van der Waals surface area contributed by atoms with Gasteiger partial charge in [-0.1, -0.05) is 31.2 Å². The zero-order valence-corrected chi connectivity index (χ0v) is 14.8. The van der Waals surface area contributed by atoms with E-state index in [0.29, 0.717) is 5.71 Å². The maximum atomic E-state index is 12.3. The highest BCUT2D eigenvalue weighted by Gasteiger charge is 2.13. The largest absolute Gasteiger partial charge is 0.282 e. The fourth-order valence-corrected chi connectivity index (χ4v) is 3.28. The fraction of sp³-hybridized carbons (Fsp3) is 0.188. The van der Waals surface area contributed by atoms with Gasteiger partial charge in [-0.2, -0.15) is 12.8 Å². The van der Waals surface area contributed by atoms with Gasteiger partial charge in [0.1, 0.15) is 0 Å². The van der Waals surface area contributed by atoms with Crippen molar-refractivity contribution in [3.05, 3.63) is 63.2 Å². The Labute approximate surface area is 139 Å². The van der Waals surface area contributed by atoms with E-state index < -0.39 is 10.0 Å². The van der Waals surface area contributed by atoms with Gasteiger partial charge in [-0.3, -0.25) is 0 Å². The molecular formula is C16H16INO2S. The van der Waals surface area contributed by atoms with E-state index in [1.54, 1.807) is 31.2 Å². The monoisotopic (exact) mass is 413 g/mol. The van der Waals surface area contributed by atoms with E-state index in [0.717, 1.165) is 15.6 Å². The molecule has 0 saturated carbocycles. The van der Waals surface area contributed by atoms with Crippen LogP contribution in [0.1, 0.15) is 25.0 Å². The van der Waals surface area contributed by atoms with E-state index >= 15 is 0 Å². The molecule has 0 radical (unpaired) electrons. The van der Waals surface area contributed by atoms with Gasteiger partial charge >= 0.3 is 0 Å². The molecule has 0 saturated heterocycles. The van der Waals surface area contributed by atoms with E-state index in [2.05, 4.69) is 33.9 Å². The maximum Gasteiger partial charge on any atom is 0.282 e. The van der Waals surface area contributed by atoms with Crippen LogP contribution in [0, 0.1) is 3.57 Å². The second kappa shape index (κ2) is 6.70. The molecule has 0 unspecified atom stereocenters. The zero-order valence-electron chi connectivity index (χ0n) is 11.9. The minimum atomic E-state index is -3.66. The summed E-state index contributed by atoms with van der Waals surface area (Å²) >= 11 is 2.14. The molecule has 0 aliphatic carbocycles. The van der Waals surface area contributed by atoms with Crippen LogP contribution in [0.15, 0.2) is 57.8 Å². The summed E-state index contributed by atoms with van der Waals surface area (Å²) in [6.45, 7) is 3.79. The molecule has 2 rings (SSSR count). The number of benzene rings is 2. The van der Waals surface area contributed by atoms with Gasteiger partial charge in [0.2, 0.25) is 0 Å². The molecule has 0 aliphatic rings. The first-order valence-electron chi connectivity index (χ1n) is 6.59. The van der Waals surface area contributed by atoms with Crippen molar-refractivity contribution in [3.63, 3.8) is 0 Å². The molecule has 0 bridgehead atoms. The van der Waals surface area contributed by atoms with Crippen molar-refractivity contribution in [2.45, 2.75) is 25.2 Å². The predicted molar refractivity (Wildman–Crippen MR) is 94.4 cm³/mol. The average molecular weight is 413 g/mol. The van der Waals surface area contributed by atoms with Crippen LogP contribution < -0.4 is 0 Å². The van der Waals surface area contributed by atoms with Crippen molar-refractivity contribution >= 4 is 38.3 Å². The van der Waals surface area contributed by atoms with E-state index in [9.17, 15) is 8.42 Å². The molecule has 0 N–H and O–H groups in total. The van der Waals surface area contributed by atoms with E-state index in [4.69, 9.17) is 0 Å². The van der Waals surface area contributed by atoms with Crippen LogP contribution in [0.2, 0.25) is 0 Å². The predicted octanol–water partition coefficient (Wildman–Crippen LogP) is 4.05. The van der Waals surface area contributed by atoms with Crippen molar-refractivity contribution < 1.29 is 8.42 Å². The Balaban J connectivity index is 2.33. The summed E-state index contributed by atoms with van der Waals surface area (Å²) in [5, 5.41) is 0. The normalized spacial score (nSPS) is 12.4. The Morgan fingerprint density at radius 1 is 1.05 bits per heavy atom. The van der Waals surface area contributed by atoms with Gasteiger partial charge in [0.05, 0.1) is 10.6 Å². The van der Waals surface area contributed by atoms with Gasteiger partial charge in [0, 0.05) is 3.57 Å². The second-order valence-electron chi connectivity index (χ2n) is 4.66. The number of rotatable bonds is 4. The van der Waals surface area contributed by atoms with Gasteiger partial charge in [-0.25, -0.2) is 0 Å². The highest BCUT2D eigenvalue weighted by Crippen LogP contribution is 2.16. The molecule has 21 heavy (non-hydrogen) atoms. The third-order valence-electron chi connectivity index (χ3n) is 3.15. The van der Waals surface area contributed by atoms with Crippen LogP contribution in [0.3, 0.4) is 0 Å². The van der Waals surface area contributed by atoms with Gasteiger partial charge in [0.15, 0.2) is 0 Å². The highest BCUT2D eigenvalue weighted by atomic mass is 127. The summed E-state index contributed by atoms with van der Waals surface area (Å²) < 4.78 is 29.4. The Morgan fingerprint density at radius 2 is 1.62 bits per heavy atom. The van der Waals surface area contributed by atoms with Gasteiger partial charge in [-0.05, 0) is 71.3 Å². The van der Waals surface area contributed by atoms with Gasteiger partial charge in [0.25, 0.3) is 10.0 Å². The van der Waals surface area contributed by atoms with E-state index in [1.165, 1.54) is 5.56 Å². The lowest BCUT2D eigenvalue weighted by atomic mass is 10.1. The van der Waals surface area contributed by atoms with Crippen LogP contribution in [0.4, 0.5) is 0 Å². The summed E-state index contributed by atoms with van der Waals surface area (Å²) in [4.78, 5) is 0.215. The van der Waals surface area contributed by atoms with Crippen molar-refractivity contribution in [1.82, 2.24) is 0 Å². The summed E-state index contributed by atoms with van der Waals surface area (Å²) in [5.74, 6) is 0.